The fourth-order valence-electron chi connectivity index (χ4n) is 10.7. The van der Waals surface area contributed by atoms with E-state index in [0.717, 1.165) is 0 Å². The molecular formula is C55H59BN2. The number of nitrogens with zero attached hydrogens (tertiary/aromatic N) is 2. The van der Waals surface area contributed by atoms with Crippen LogP contribution in [0, 0.1) is 0 Å². The molecule has 3 heteroatoms. The van der Waals surface area contributed by atoms with Crippen molar-refractivity contribution < 1.29 is 0 Å². The summed E-state index contributed by atoms with van der Waals surface area (Å²) < 4.78 is 5.32. The summed E-state index contributed by atoms with van der Waals surface area (Å²) in [6.45, 7) is 33.2. The third kappa shape index (κ3) is 5.04. The minimum absolute atomic E-state index is 0.0223. The molecule has 6 aromatic carbocycles. The maximum atomic E-state index is 2.72. The third-order valence-electron chi connectivity index (χ3n) is 14.0. The normalized spacial score (nSPS) is 15.2. The molecule has 58 heavy (non-hydrogen) atoms. The molecule has 0 radical (unpaired) electrons. The first kappa shape index (κ1) is 37.3. The Morgan fingerprint density at radius 3 is 1.74 bits per heavy atom. The van der Waals surface area contributed by atoms with Crippen LogP contribution < -0.4 is 16.4 Å². The molecule has 0 amide bonds. The molecule has 10 rings (SSSR count). The molecule has 0 saturated heterocycles. The molecule has 2 nitrogen and oxygen atoms in total. The monoisotopic (exact) mass is 758 g/mol. The first-order valence-corrected chi connectivity index (χ1v) is 21.6. The van der Waals surface area contributed by atoms with Gasteiger partial charge in [0.15, 0.2) is 0 Å². The maximum Gasteiger partial charge on any atom is 0.247 e. The van der Waals surface area contributed by atoms with Crippen molar-refractivity contribution in [2.45, 2.75) is 124 Å². The van der Waals surface area contributed by atoms with Gasteiger partial charge in [-0.1, -0.05) is 169 Å². The average Bonchev–Trinajstić information content (AvgIpc) is 3.66. The second kappa shape index (κ2) is 11.6. The molecule has 0 N–H and O–H groups in total. The second-order valence-electron chi connectivity index (χ2n) is 22.3. The summed E-state index contributed by atoms with van der Waals surface area (Å²) in [6, 6.07) is 41.0. The number of rotatable bonds is 1. The lowest BCUT2D eigenvalue weighted by atomic mass is 9.30. The SMILES string of the molecule is CC(C)(C)c1ccc(-n2c3ccc(C(C)(C)C)cc3c3cc(C(C)(C)C)c4c(c5ccc6c7c5n4-c4ccc(C(C)(C)C)cc4B7c4ccccc4C6(C)C)c32)cc1. The summed E-state index contributed by atoms with van der Waals surface area (Å²) in [5.41, 5.74) is 20.4. The molecule has 8 aromatic rings. The number of benzene rings is 6. The highest BCUT2D eigenvalue weighted by atomic mass is 15.0. The lowest BCUT2D eigenvalue weighted by Gasteiger charge is -2.42. The zero-order valence-electron chi connectivity index (χ0n) is 37.3. The molecule has 2 aliphatic rings. The Bertz CT molecular complexity index is 3040. The topological polar surface area (TPSA) is 9.86 Å². The quantitative estimate of drug-likeness (QED) is 0.148. The Balaban J connectivity index is 1.47. The molecule has 0 atom stereocenters. The summed E-state index contributed by atoms with van der Waals surface area (Å²) in [7, 11) is 0. The average molecular weight is 759 g/mol. The van der Waals surface area contributed by atoms with Crippen LogP contribution in [-0.4, -0.2) is 15.8 Å². The van der Waals surface area contributed by atoms with Gasteiger partial charge in [-0.15, -0.1) is 0 Å². The predicted octanol–water partition coefficient (Wildman–Crippen LogP) is 12.5. The van der Waals surface area contributed by atoms with Gasteiger partial charge >= 0.3 is 0 Å². The lowest BCUT2D eigenvalue weighted by molar-refractivity contribution is 0.590. The van der Waals surface area contributed by atoms with Crippen molar-refractivity contribution in [2.24, 2.45) is 0 Å². The zero-order valence-corrected chi connectivity index (χ0v) is 37.3. The summed E-state index contributed by atoms with van der Waals surface area (Å²) >= 11 is 0. The van der Waals surface area contributed by atoms with Gasteiger partial charge in [-0.25, -0.2) is 0 Å². The van der Waals surface area contributed by atoms with Crippen molar-refractivity contribution in [3.8, 4) is 11.4 Å². The Labute approximate surface area is 346 Å². The van der Waals surface area contributed by atoms with Crippen LogP contribution in [0.2, 0.25) is 0 Å². The predicted molar refractivity (Wildman–Crippen MR) is 253 cm³/mol. The molecule has 2 aliphatic heterocycles. The van der Waals surface area contributed by atoms with Crippen LogP contribution in [0.3, 0.4) is 0 Å². The van der Waals surface area contributed by atoms with Gasteiger partial charge in [0.2, 0.25) is 6.71 Å². The molecule has 0 fully saturated rings. The van der Waals surface area contributed by atoms with E-state index in [1.165, 1.54) is 105 Å². The minimum atomic E-state index is -0.147. The van der Waals surface area contributed by atoms with Crippen LogP contribution in [-0.2, 0) is 27.1 Å². The van der Waals surface area contributed by atoms with E-state index in [4.69, 9.17) is 0 Å². The Kier molecular flexibility index (Phi) is 7.45. The first-order valence-electron chi connectivity index (χ1n) is 21.6. The highest BCUT2D eigenvalue weighted by Gasteiger charge is 2.46. The Morgan fingerprint density at radius 2 is 1.09 bits per heavy atom. The van der Waals surface area contributed by atoms with Crippen LogP contribution in [0.1, 0.15) is 130 Å². The van der Waals surface area contributed by atoms with Crippen molar-refractivity contribution >= 4 is 66.7 Å². The first-order chi connectivity index (χ1) is 27.1. The number of aromatic nitrogens is 2. The van der Waals surface area contributed by atoms with Crippen molar-refractivity contribution in [2.75, 3.05) is 0 Å². The van der Waals surface area contributed by atoms with Gasteiger partial charge in [0.05, 0.1) is 16.6 Å². The van der Waals surface area contributed by atoms with Crippen molar-refractivity contribution in [1.82, 2.24) is 9.13 Å². The molecule has 0 spiro atoms. The highest BCUT2D eigenvalue weighted by Crippen LogP contribution is 2.49. The summed E-state index contributed by atoms with van der Waals surface area (Å²) in [4.78, 5) is 0. The molecule has 0 unspecified atom stereocenters. The van der Waals surface area contributed by atoms with E-state index < -0.39 is 0 Å². The Morgan fingerprint density at radius 1 is 0.466 bits per heavy atom. The maximum absolute atomic E-state index is 2.72. The van der Waals surface area contributed by atoms with E-state index in [2.05, 4.69) is 209 Å². The standard InChI is InChI=1S/C55H59BN2/c1-51(2,3)32-19-23-35(24-20-32)57-44-27-21-33(52(4,5)6)29-37(44)38-31-41(54(10,11)12)50-46(48(38)57)36-25-26-40-47-49(36)58(50)45-28-22-34(53(7,8)9)30-43(45)56(47)42-18-16-15-17-39(42)55(40,13)14/h15-31H,1-14H3. The highest BCUT2D eigenvalue weighted by molar-refractivity contribution is 6.99. The van der Waals surface area contributed by atoms with Crippen LogP contribution in [0.4, 0.5) is 0 Å². The van der Waals surface area contributed by atoms with E-state index >= 15 is 0 Å². The van der Waals surface area contributed by atoms with Crippen molar-refractivity contribution in [3.05, 3.63) is 137 Å². The van der Waals surface area contributed by atoms with E-state index in [0.29, 0.717) is 0 Å². The molecule has 4 heterocycles. The molecule has 0 aliphatic carbocycles. The summed E-state index contributed by atoms with van der Waals surface area (Å²) in [5, 5.41) is 5.37. The van der Waals surface area contributed by atoms with E-state index in [-0.39, 0.29) is 33.8 Å². The van der Waals surface area contributed by atoms with Gasteiger partial charge in [0, 0.05) is 43.9 Å². The summed E-state index contributed by atoms with van der Waals surface area (Å²) in [6.07, 6.45) is 0. The van der Waals surface area contributed by atoms with Gasteiger partial charge in [-0.2, -0.15) is 0 Å². The fourth-order valence-corrected chi connectivity index (χ4v) is 10.7. The van der Waals surface area contributed by atoms with Gasteiger partial charge in [-0.05, 0) is 102 Å². The van der Waals surface area contributed by atoms with Gasteiger partial charge in [-0.3, -0.25) is 0 Å². The number of hydrogen-bond donors (Lipinski definition) is 0. The number of fused-ring (bicyclic) bond motifs is 12. The zero-order chi connectivity index (χ0) is 41.2. The van der Waals surface area contributed by atoms with Crippen LogP contribution in [0.25, 0.3) is 55.0 Å². The van der Waals surface area contributed by atoms with E-state index in [9.17, 15) is 0 Å². The molecule has 0 saturated carbocycles. The van der Waals surface area contributed by atoms with Crippen LogP contribution >= 0.6 is 0 Å². The van der Waals surface area contributed by atoms with Crippen molar-refractivity contribution in [3.63, 3.8) is 0 Å². The molecule has 2 aromatic heterocycles. The largest absolute Gasteiger partial charge is 0.310 e. The van der Waals surface area contributed by atoms with Gasteiger partial charge in [0.25, 0.3) is 0 Å². The van der Waals surface area contributed by atoms with Crippen LogP contribution in [0.15, 0.2) is 103 Å². The summed E-state index contributed by atoms with van der Waals surface area (Å²) in [5.74, 6) is 0. The second-order valence-corrected chi connectivity index (χ2v) is 22.3. The lowest BCUT2D eigenvalue weighted by Crippen LogP contribution is -2.63. The number of hydrogen-bond acceptors (Lipinski definition) is 0. The fraction of sp³-hybridized carbons (Fsp3) is 0.345. The van der Waals surface area contributed by atoms with Crippen LogP contribution in [0.5, 0.6) is 0 Å². The third-order valence-corrected chi connectivity index (χ3v) is 14.0. The minimum Gasteiger partial charge on any atom is -0.310 e. The Hall–Kier alpha value is -5.02. The van der Waals surface area contributed by atoms with E-state index in [1.807, 2.05) is 0 Å². The smallest absolute Gasteiger partial charge is 0.247 e. The molecule has 292 valence electrons. The molecule has 0 bridgehead atoms. The molecular weight excluding hydrogens is 699 g/mol. The van der Waals surface area contributed by atoms with Gasteiger partial charge in [0.1, 0.15) is 0 Å². The van der Waals surface area contributed by atoms with Gasteiger partial charge < -0.3 is 9.13 Å². The van der Waals surface area contributed by atoms with Crippen molar-refractivity contribution in [1.29, 1.82) is 0 Å². The van der Waals surface area contributed by atoms with E-state index in [1.54, 1.807) is 0 Å².